The molecule has 0 aromatic heterocycles. The Morgan fingerprint density at radius 3 is 0.800 bits per heavy atom. The van der Waals surface area contributed by atoms with Gasteiger partial charge in [-0.15, -0.1) is 0 Å². The average molecular weight is 613 g/mol. The van der Waals surface area contributed by atoms with Crippen LogP contribution in [0, 0.1) is 0 Å². The zero-order chi connectivity index (χ0) is 32.7. The minimum atomic E-state index is -0.323. The maximum absolute atomic E-state index is 9.15. The number of aliphatic hydroxyl groups excluding tert-OH is 3. The molecule has 0 saturated heterocycles. The van der Waals surface area contributed by atoms with Crippen LogP contribution in [0.3, 0.4) is 0 Å². The van der Waals surface area contributed by atoms with Gasteiger partial charge < -0.3 is 29.5 Å². The van der Waals surface area contributed by atoms with Crippen molar-refractivity contribution in [2.24, 2.45) is 0 Å². The van der Waals surface area contributed by atoms with Crippen LogP contribution in [0.15, 0.2) is 91.0 Å². The molecule has 240 valence electrons. The summed E-state index contributed by atoms with van der Waals surface area (Å²) in [6, 6.07) is 31.4. The zero-order valence-corrected chi connectivity index (χ0v) is 27.5. The van der Waals surface area contributed by atoms with E-state index in [4.69, 9.17) is 29.5 Å². The Labute approximate surface area is 268 Å². The Bertz CT molecular complexity index is 1310. The summed E-state index contributed by atoms with van der Waals surface area (Å²) in [6.07, 6.45) is 0. The maximum Gasteiger partial charge on any atom is 0.119 e. The molecule has 4 aromatic rings. The van der Waals surface area contributed by atoms with E-state index in [0.717, 1.165) is 33.9 Å². The van der Waals surface area contributed by atoms with Crippen molar-refractivity contribution < 1.29 is 29.5 Å². The van der Waals surface area contributed by atoms with Crippen LogP contribution in [0.25, 0.3) is 0 Å². The number of aliphatic hydroxyl groups is 3. The highest BCUT2D eigenvalue weighted by molar-refractivity contribution is 5.51. The van der Waals surface area contributed by atoms with E-state index in [1.165, 1.54) is 16.7 Å². The lowest BCUT2D eigenvalue weighted by Crippen LogP contribution is -2.26. The van der Waals surface area contributed by atoms with Crippen molar-refractivity contribution >= 4 is 0 Å². The second kappa shape index (κ2) is 14.5. The van der Waals surface area contributed by atoms with Gasteiger partial charge in [0.2, 0.25) is 0 Å². The maximum atomic E-state index is 9.15. The minimum Gasteiger partial charge on any atom is -0.491 e. The molecule has 0 bridgehead atoms. The van der Waals surface area contributed by atoms with Gasteiger partial charge in [0.25, 0.3) is 0 Å². The fraction of sp³-hybridized carbons (Fsp3) is 0.385. The SMILES string of the molecule is CC(C)(c1ccc(OCCO)cc1)c1cc(C(C)(C)c2ccc(OCCO)cc2)cc(C(C)(C)c2ccc(OCCO)cc2)c1. The number of ether oxygens (including phenoxy) is 3. The second-order valence-electron chi connectivity index (χ2n) is 13.0. The summed E-state index contributed by atoms with van der Waals surface area (Å²) in [7, 11) is 0. The summed E-state index contributed by atoms with van der Waals surface area (Å²) >= 11 is 0. The van der Waals surface area contributed by atoms with E-state index in [-0.39, 0.29) is 55.9 Å². The standard InChI is InChI=1S/C39H48O6/c1-37(2,28-7-13-34(14-8-28)43-22-19-40)31-25-32(38(3,4)29-9-15-35(16-10-29)44-23-20-41)27-33(26-31)39(5,6)30-11-17-36(18-12-30)45-24-21-42/h7-18,25-27,40-42H,19-24H2,1-6H3. The van der Waals surface area contributed by atoms with Gasteiger partial charge in [0.05, 0.1) is 19.8 Å². The molecule has 0 aliphatic heterocycles. The fourth-order valence-corrected chi connectivity index (χ4v) is 5.60. The van der Waals surface area contributed by atoms with E-state index >= 15 is 0 Å². The largest absolute Gasteiger partial charge is 0.491 e. The lowest BCUT2D eigenvalue weighted by atomic mass is 9.69. The van der Waals surface area contributed by atoms with Gasteiger partial charge in [-0.25, -0.2) is 0 Å². The molecule has 3 N–H and O–H groups in total. The first kappa shape index (κ1) is 34.0. The monoisotopic (exact) mass is 612 g/mol. The van der Waals surface area contributed by atoms with Gasteiger partial charge >= 0.3 is 0 Å². The quantitative estimate of drug-likeness (QED) is 0.137. The van der Waals surface area contributed by atoms with Gasteiger partial charge in [-0.2, -0.15) is 0 Å². The van der Waals surface area contributed by atoms with E-state index in [0.29, 0.717) is 0 Å². The normalized spacial score (nSPS) is 12.2. The Hall–Kier alpha value is -3.84. The first-order valence-corrected chi connectivity index (χ1v) is 15.6. The van der Waals surface area contributed by atoms with Crippen LogP contribution in [-0.4, -0.2) is 55.0 Å². The Kier molecular flexibility index (Phi) is 11.0. The molecular weight excluding hydrogens is 564 g/mol. The third-order valence-corrected chi connectivity index (χ3v) is 8.91. The van der Waals surface area contributed by atoms with Crippen LogP contribution < -0.4 is 14.2 Å². The van der Waals surface area contributed by atoms with Crippen molar-refractivity contribution in [1.29, 1.82) is 0 Å². The van der Waals surface area contributed by atoms with Crippen molar-refractivity contribution in [3.05, 3.63) is 124 Å². The average Bonchev–Trinajstić information content (AvgIpc) is 3.05. The lowest BCUT2D eigenvalue weighted by molar-refractivity contribution is 0.201. The molecular formula is C39H48O6. The van der Waals surface area contributed by atoms with Crippen LogP contribution in [0.2, 0.25) is 0 Å². The Morgan fingerprint density at radius 2 is 0.600 bits per heavy atom. The van der Waals surface area contributed by atoms with E-state index in [2.05, 4.69) is 96.1 Å². The molecule has 0 atom stereocenters. The van der Waals surface area contributed by atoms with Gasteiger partial charge in [-0.1, -0.05) is 96.1 Å². The van der Waals surface area contributed by atoms with Crippen LogP contribution in [0.5, 0.6) is 17.2 Å². The van der Waals surface area contributed by atoms with Gasteiger partial charge in [-0.3, -0.25) is 0 Å². The molecule has 45 heavy (non-hydrogen) atoms. The van der Waals surface area contributed by atoms with Crippen LogP contribution in [-0.2, 0) is 16.2 Å². The minimum absolute atomic E-state index is 0.0226. The molecule has 0 spiro atoms. The number of rotatable bonds is 15. The fourth-order valence-electron chi connectivity index (χ4n) is 5.60. The summed E-state index contributed by atoms with van der Waals surface area (Å²) in [4.78, 5) is 0. The zero-order valence-electron chi connectivity index (χ0n) is 27.5. The van der Waals surface area contributed by atoms with Crippen LogP contribution in [0.4, 0.5) is 0 Å². The molecule has 0 fully saturated rings. The van der Waals surface area contributed by atoms with Crippen molar-refractivity contribution in [3.63, 3.8) is 0 Å². The summed E-state index contributed by atoms with van der Waals surface area (Å²) in [5.74, 6) is 2.20. The van der Waals surface area contributed by atoms with E-state index in [9.17, 15) is 0 Å². The summed E-state index contributed by atoms with van der Waals surface area (Å²) in [6.45, 7) is 14.2. The van der Waals surface area contributed by atoms with Crippen molar-refractivity contribution in [2.75, 3.05) is 39.6 Å². The van der Waals surface area contributed by atoms with Crippen LogP contribution >= 0.6 is 0 Å². The molecule has 6 heteroatoms. The van der Waals surface area contributed by atoms with Gasteiger partial charge in [0.1, 0.15) is 37.1 Å². The highest BCUT2D eigenvalue weighted by Crippen LogP contribution is 2.42. The first-order chi connectivity index (χ1) is 21.4. The number of hydrogen-bond acceptors (Lipinski definition) is 6. The molecule has 0 radical (unpaired) electrons. The Balaban J connectivity index is 1.81. The van der Waals surface area contributed by atoms with Crippen molar-refractivity contribution in [2.45, 2.75) is 57.8 Å². The highest BCUT2D eigenvalue weighted by Gasteiger charge is 2.32. The summed E-state index contributed by atoms with van der Waals surface area (Å²) in [5.41, 5.74) is 6.11. The number of benzene rings is 4. The Morgan fingerprint density at radius 1 is 0.378 bits per heavy atom. The molecule has 0 amide bonds. The first-order valence-electron chi connectivity index (χ1n) is 15.6. The third kappa shape index (κ3) is 7.88. The molecule has 0 unspecified atom stereocenters. The van der Waals surface area contributed by atoms with Gasteiger partial charge in [0.15, 0.2) is 0 Å². The molecule has 0 aliphatic carbocycles. The molecule has 0 heterocycles. The second-order valence-corrected chi connectivity index (χ2v) is 13.0. The van der Waals surface area contributed by atoms with Gasteiger partial charge in [-0.05, 0) is 69.8 Å². The molecule has 0 aliphatic rings. The topological polar surface area (TPSA) is 88.4 Å². The van der Waals surface area contributed by atoms with Gasteiger partial charge in [0, 0.05) is 16.2 Å². The van der Waals surface area contributed by atoms with Crippen molar-refractivity contribution in [3.8, 4) is 17.2 Å². The molecule has 4 aromatic carbocycles. The van der Waals surface area contributed by atoms with Crippen molar-refractivity contribution in [1.82, 2.24) is 0 Å². The number of hydrogen-bond donors (Lipinski definition) is 3. The lowest BCUT2D eigenvalue weighted by Gasteiger charge is -2.35. The smallest absolute Gasteiger partial charge is 0.119 e. The van der Waals surface area contributed by atoms with E-state index in [1.807, 2.05) is 36.4 Å². The molecule has 0 saturated carbocycles. The molecule has 6 nitrogen and oxygen atoms in total. The summed E-state index contributed by atoms with van der Waals surface area (Å²) < 4.78 is 16.9. The summed E-state index contributed by atoms with van der Waals surface area (Å²) in [5, 5.41) is 27.4. The van der Waals surface area contributed by atoms with Crippen LogP contribution in [0.1, 0.15) is 74.9 Å². The third-order valence-electron chi connectivity index (χ3n) is 8.91. The molecule has 4 rings (SSSR count). The predicted molar refractivity (Wildman–Crippen MR) is 180 cm³/mol. The van der Waals surface area contributed by atoms with E-state index < -0.39 is 0 Å². The highest BCUT2D eigenvalue weighted by atomic mass is 16.5. The van der Waals surface area contributed by atoms with E-state index in [1.54, 1.807) is 0 Å². The predicted octanol–water partition coefficient (Wildman–Crippen LogP) is 6.78.